The first-order valence-electron chi connectivity index (χ1n) is 11.9. The molecule has 1 aliphatic carbocycles. The van der Waals surface area contributed by atoms with E-state index >= 15 is 0 Å². The predicted octanol–water partition coefficient (Wildman–Crippen LogP) is 3.70. The molecule has 0 bridgehead atoms. The van der Waals surface area contributed by atoms with Crippen molar-refractivity contribution in [2.75, 3.05) is 19.8 Å². The minimum absolute atomic E-state index is 0.0118. The van der Waals surface area contributed by atoms with Crippen LogP contribution in [-0.2, 0) is 23.9 Å². The van der Waals surface area contributed by atoms with Gasteiger partial charge in [0.2, 0.25) is 0 Å². The first kappa shape index (κ1) is 24.0. The summed E-state index contributed by atoms with van der Waals surface area (Å²) in [4.78, 5) is 38.0. The summed E-state index contributed by atoms with van der Waals surface area (Å²) in [6.07, 6.45) is 3.64. The topological polar surface area (TPSA) is 100 Å². The molecule has 1 N–H and O–H groups in total. The summed E-state index contributed by atoms with van der Waals surface area (Å²) in [5.41, 5.74) is 3.19. The van der Waals surface area contributed by atoms with Gasteiger partial charge in [0, 0.05) is 42.8 Å². The molecule has 34 heavy (non-hydrogen) atoms. The van der Waals surface area contributed by atoms with E-state index in [4.69, 9.17) is 18.9 Å². The highest BCUT2D eigenvalue weighted by Gasteiger charge is 2.39. The molecule has 8 heteroatoms. The highest BCUT2D eigenvalue weighted by atomic mass is 16.6. The molecule has 2 heterocycles. The minimum atomic E-state index is -0.605. The first-order valence-corrected chi connectivity index (χ1v) is 11.9. The molecule has 0 spiro atoms. The SMILES string of the molecule is CCOc1cc([C@H]2C(C(=O)OC[C@@H]3CCCO3)=C(C)NC3=C2C(=O)CCC3)ccc1OC(C)=O. The van der Waals surface area contributed by atoms with Gasteiger partial charge in [0.05, 0.1) is 18.3 Å². The van der Waals surface area contributed by atoms with Crippen LogP contribution in [0, 0.1) is 0 Å². The molecule has 182 valence electrons. The fraction of sp³-hybridized carbons (Fsp3) is 0.500. The molecule has 0 amide bonds. The summed E-state index contributed by atoms with van der Waals surface area (Å²) >= 11 is 0. The maximum Gasteiger partial charge on any atom is 0.336 e. The summed E-state index contributed by atoms with van der Waals surface area (Å²) in [5.74, 6) is -0.859. The normalized spacial score (nSPS) is 22.3. The zero-order valence-electron chi connectivity index (χ0n) is 19.9. The van der Waals surface area contributed by atoms with Crippen molar-refractivity contribution >= 4 is 17.7 Å². The van der Waals surface area contributed by atoms with Crippen LogP contribution in [0.2, 0.25) is 0 Å². The molecule has 3 aliphatic rings. The lowest BCUT2D eigenvalue weighted by Crippen LogP contribution is -2.35. The van der Waals surface area contributed by atoms with E-state index in [1.165, 1.54) is 6.92 Å². The monoisotopic (exact) mass is 469 g/mol. The number of Topliss-reactive ketones (excluding diaryl/α,β-unsaturated/α-hetero) is 1. The maximum atomic E-state index is 13.3. The number of ether oxygens (including phenoxy) is 4. The Morgan fingerprint density at radius 3 is 2.71 bits per heavy atom. The highest BCUT2D eigenvalue weighted by molar-refractivity contribution is 6.03. The predicted molar refractivity (Wildman–Crippen MR) is 123 cm³/mol. The van der Waals surface area contributed by atoms with Crippen LogP contribution in [0.5, 0.6) is 11.5 Å². The van der Waals surface area contributed by atoms with Gasteiger partial charge in [-0.2, -0.15) is 0 Å². The fourth-order valence-corrected chi connectivity index (χ4v) is 4.82. The van der Waals surface area contributed by atoms with Crippen LogP contribution in [-0.4, -0.2) is 43.6 Å². The van der Waals surface area contributed by atoms with Gasteiger partial charge in [0.25, 0.3) is 0 Å². The molecule has 1 aromatic rings. The van der Waals surface area contributed by atoms with Crippen molar-refractivity contribution in [2.24, 2.45) is 0 Å². The lowest BCUT2D eigenvalue weighted by molar-refractivity contribution is -0.142. The summed E-state index contributed by atoms with van der Waals surface area (Å²) in [5, 5.41) is 3.29. The fourth-order valence-electron chi connectivity index (χ4n) is 4.82. The molecule has 0 aromatic heterocycles. The van der Waals surface area contributed by atoms with Crippen molar-refractivity contribution in [1.29, 1.82) is 0 Å². The summed E-state index contributed by atoms with van der Waals surface area (Å²) in [7, 11) is 0. The number of dihydropyridines is 1. The van der Waals surface area contributed by atoms with Gasteiger partial charge in [-0.1, -0.05) is 6.07 Å². The van der Waals surface area contributed by atoms with Gasteiger partial charge in [0.15, 0.2) is 17.3 Å². The second-order valence-corrected chi connectivity index (χ2v) is 8.73. The Kier molecular flexibility index (Phi) is 7.36. The van der Waals surface area contributed by atoms with Gasteiger partial charge in [-0.3, -0.25) is 9.59 Å². The number of rotatable bonds is 7. The Hall–Kier alpha value is -3.13. The van der Waals surface area contributed by atoms with Crippen LogP contribution in [0.4, 0.5) is 0 Å². The second-order valence-electron chi connectivity index (χ2n) is 8.73. The van der Waals surface area contributed by atoms with Crippen LogP contribution in [0.25, 0.3) is 0 Å². The molecule has 2 aliphatic heterocycles. The molecule has 0 saturated carbocycles. The third-order valence-electron chi connectivity index (χ3n) is 6.27. The van der Waals surface area contributed by atoms with E-state index in [0.717, 1.165) is 31.4 Å². The van der Waals surface area contributed by atoms with E-state index in [1.807, 2.05) is 13.8 Å². The second kappa shape index (κ2) is 10.4. The van der Waals surface area contributed by atoms with E-state index in [0.29, 0.717) is 53.5 Å². The van der Waals surface area contributed by atoms with Crippen molar-refractivity contribution in [2.45, 2.75) is 64.9 Å². The Labute approximate surface area is 199 Å². The summed E-state index contributed by atoms with van der Waals surface area (Å²) in [6, 6.07) is 5.15. The van der Waals surface area contributed by atoms with Crippen LogP contribution >= 0.6 is 0 Å². The van der Waals surface area contributed by atoms with Crippen LogP contribution < -0.4 is 14.8 Å². The average molecular weight is 470 g/mol. The lowest BCUT2D eigenvalue weighted by Gasteiger charge is -2.34. The van der Waals surface area contributed by atoms with Crippen LogP contribution in [0.3, 0.4) is 0 Å². The molecule has 1 aromatic carbocycles. The molecule has 1 fully saturated rings. The van der Waals surface area contributed by atoms with Gasteiger partial charge < -0.3 is 24.3 Å². The maximum absolute atomic E-state index is 13.3. The standard InChI is InChI=1S/C26H31NO7/c1-4-31-22-13-17(10-11-21(22)34-16(3)28)24-23(26(30)33-14-18-7-6-12-32-18)15(2)27-19-8-5-9-20(29)25(19)24/h10-11,13,18,24,27H,4-9,12,14H2,1-3H3/t18-,24-/m0/s1. The number of esters is 2. The van der Waals surface area contributed by atoms with E-state index in [9.17, 15) is 14.4 Å². The van der Waals surface area contributed by atoms with E-state index in [1.54, 1.807) is 18.2 Å². The number of benzene rings is 1. The number of hydrogen-bond donors (Lipinski definition) is 1. The summed E-state index contributed by atoms with van der Waals surface area (Å²) < 4.78 is 22.3. The Morgan fingerprint density at radius 2 is 2.00 bits per heavy atom. The molecular formula is C26H31NO7. The molecule has 1 saturated heterocycles. The van der Waals surface area contributed by atoms with Crippen molar-refractivity contribution in [3.8, 4) is 11.5 Å². The van der Waals surface area contributed by atoms with Crippen molar-refractivity contribution in [1.82, 2.24) is 5.32 Å². The van der Waals surface area contributed by atoms with Crippen molar-refractivity contribution < 1.29 is 33.3 Å². The van der Waals surface area contributed by atoms with Gasteiger partial charge >= 0.3 is 11.9 Å². The Balaban J connectivity index is 1.74. The number of nitrogens with one attached hydrogen (secondary N) is 1. The van der Waals surface area contributed by atoms with Crippen molar-refractivity contribution in [3.63, 3.8) is 0 Å². The number of carbonyl (C=O) groups is 3. The van der Waals surface area contributed by atoms with E-state index in [-0.39, 0.29) is 18.5 Å². The smallest absolute Gasteiger partial charge is 0.336 e. The number of hydrogen-bond acceptors (Lipinski definition) is 8. The molecule has 0 radical (unpaired) electrons. The zero-order valence-corrected chi connectivity index (χ0v) is 19.9. The lowest BCUT2D eigenvalue weighted by atomic mass is 9.75. The van der Waals surface area contributed by atoms with Gasteiger partial charge in [-0.15, -0.1) is 0 Å². The number of ketones is 1. The minimum Gasteiger partial charge on any atom is -0.490 e. The Morgan fingerprint density at radius 1 is 1.18 bits per heavy atom. The van der Waals surface area contributed by atoms with E-state index in [2.05, 4.69) is 5.32 Å². The van der Waals surface area contributed by atoms with Gasteiger partial charge in [-0.25, -0.2) is 4.79 Å². The van der Waals surface area contributed by atoms with Gasteiger partial charge in [-0.05, 0) is 57.2 Å². The summed E-state index contributed by atoms with van der Waals surface area (Å²) in [6.45, 7) is 6.20. The molecule has 4 rings (SSSR count). The van der Waals surface area contributed by atoms with Crippen molar-refractivity contribution in [3.05, 3.63) is 46.3 Å². The van der Waals surface area contributed by atoms with Gasteiger partial charge in [0.1, 0.15) is 6.61 Å². The molecule has 2 atom stereocenters. The first-order chi connectivity index (χ1) is 16.4. The third kappa shape index (κ3) is 5.01. The number of allylic oxidation sites excluding steroid dienone is 3. The number of carbonyl (C=O) groups excluding carboxylic acids is 3. The molecule has 0 unspecified atom stereocenters. The largest absolute Gasteiger partial charge is 0.490 e. The Bertz CT molecular complexity index is 1050. The van der Waals surface area contributed by atoms with E-state index < -0.39 is 17.9 Å². The third-order valence-corrected chi connectivity index (χ3v) is 6.27. The molecular weight excluding hydrogens is 438 g/mol. The average Bonchev–Trinajstić information content (AvgIpc) is 3.31. The molecule has 8 nitrogen and oxygen atoms in total. The van der Waals surface area contributed by atoms with Crippen LogP contribution in [0.15, 0.2) is 40.7 Å². The quantitative estimate of drug-likeness (QED) is 0.477. The van der Waals surface area contributed by atoms with Crippen LogP contribution in [0.1, 0.15) is 64.4 Å². The highest BCUT2D eigenvalue weighted by Crippen LogP contribution is 2.44. The zero-order chi connectivity index (χ0) is 24.2.